The van der Waals surface area contributed by atoms with Crippen LogP contribution in [0.3, 0.4) is 0 Å². The molecular weight excluding hydrogens is 394 g/mol. The zero-order valence-corrected chi connectivity index (χ0v) is 17.4. The van der Waals surface area contributed by atoms with Crippen LogP contribution < -0.4 is 5.32 Å². The third-order valence-electron chi connectivity index (χ3n) is 5.57. The Hall–Kier alpha value is -3.12. The molecule has 0 radical (unpaired) electrons. The van der Waals surface area contributed by atoms with Gasteiger partial charge in [-0.05, 0) is 72.0 Å². The summed E-state index contributed by atoms with van der Waals surface area (Å²) in [5.41, 5.74) is 3.97. The standard InChI is InChI=1S/C24H23N3O2S/c28-24(21-11-10-20(29-21)16-27-13-4-12-25-27)26-23(22-7-3-14-30-22)19-9-8-17-5-1-2-6-18(17)15-19/h3-4,7-15,23H,1-2,5-6,16H2,(H,26,28). The minimum Gasteiger partial charge on any atom is -0.454 e. The number of hydrogen-bond donors (Lipinski definition) is 1. The van der Waals surface area contributed by atoms with Crippen molar-refractivity contribution in [3.63, 3.8) is 0 Å². The SMILES string of the molecule is O=C(NC(c1ccc2c(c1)CCCC2)c1cccs1)c1ccc(Cn2cccn2)o1. The monoisotopic (exact) mass is 417 g/mol. The highest BCUT2D eigenvalue weighted by Gasteiger charge is 2.22. The van der Waals surface area contributed by atoms with Crippen LogP contribution in [0.25, 0.3) is 0 Å². The molecule has 1 aliphatic carbocycles. The third kappa shape index (κ3) is 3.96. The van der Waals surface area contributed by atoms with Gasteiger partial charge >= 0.3 is 0 Å². The summed E-state index contributed by atoms with van der Waals surface area (Å²) in [6.45, 7) is 0.499. The second kappa shape index (κ2) is 8.32. The lowest BCUT2D eigenvalue weighted by molar-refractivity contribution is 0.0913. The van der Waals surface area contributed by atoms with E-state index in [1.807, 2.05) is 29.8 Å². The Bertz CT molecular complexity index is 1130. The quantitative estimate of drug-likeness (QED) is 0.481. The summed E-state index contributed by atoms with van der Waals surface area (Å²) >= 11 is 1.65. The Morgan fingerprint density at radius 2 is 2.03 bits per heavy atom. The van der Waals surface area contributed by atoms with Crippen molar-refractivity contribution in [3.8, 4) is 0 Å². The van der Waals surface area contributed by atoms with E-state index in [0.29, 0.717) is 18.1 Å². The van der Waals surface area contributed by atoms with Crippen LogP contribution in [0.4, 0.5) is 0 Å². The minimum atomic E-state index is -0.210. The van der Waals surface area contributed by atoms with Crippen molar-refractivity contribution in [3.05, 3.63) is 99.4 Å². The second-order valence-corrected chi connectivity index (χ2v) is 8.61. The predicted molar refractivity (Wildman–Crippen MR) is 117 cm³/mol. The van der Waals surface area contributed by atoms with Crippen molar-refractivity contribution in [1.29, 1.82) is 0 Å². The molecular formula is C24H23N3O2S. The van der Waals surface area contributed by atoms with Gasteiger partial charge in [-0.1, -0.05) is 24.3 Å². The number of rotatable bonds is 6. The second-order valence-electron chi connectivity index (χ2n) is 7.63. The molecule has 5 rings (SSSR count). The van der Waals surface area contributed by atoms with E-state index in [1.165, 1.54) is 24.0 Å². The summed E-state index contributed by atoms with van der Waals surface area (Å²) in [6, 6.07) is 16.0. The average molecular weight is 418 g/mol. The van der Waals surface area contributed by atoms with Crippen LogP contribution in [0.15, 0.2) is 70.7 Å². The first-order valence-corrected chi connectivity index (χ1v) is 11.2. The maximum atomic E-state index is 13.0. The van der Waals surface area contributed by atoms with E-state index in [9.17, 15) is 4.79 Å². The van der Waals surface area contributed by atoms with Gasteiger partial charge in [0.2, 0.25) is 0 Å². The molecule has 5 nitrogen and oxygen atoms in total. The molecule has 0 aliphatic heterocycles. The number of nitrogens with zero attached hydrogens (tertiary/aromatic N) is 2. The maximum absolute atomic E-state index is 13.0. The van der Waals surface area contributed by atoms with Crippen LogP contribution in [0.5, 0.6) is 0 Å². The fraction of sp³-hybridized carbons (Fsp3) is 0.250. The van der Waals surface area contributed by atoms with Gasteiger partial charge in [0.15, 0.2) is 5.76 Å². The normalized spacial score (nSPS) is 14.3. The number of carbonyl (C=O) groups is 1. The molecule has 1 amide bonds. The fourth-order valence-electron chi connectivity index (χ4n) is 4.05. The molecule has 1 aliphatic rings. The summed E-state index contributed by atoms with van der Waals surface area (Å²) in [4.78, 5) is 14.1. The molecule has 1 N–H and O–H groups in total. The van der Waals surface area contributed by atoms with Crippen molar-refractivity contribution in [2.24, 2.45) is 0 Å². The lowest BCUT2D eigenvalue weighted by Crippen LogP contribution is -2.28. The number of thiophene rings is 1. The van der Waals surface area contributed by atoms with Crippen molar-refractivity contribution >= 4 is 17.2 Å². The van der Waals surface area contributed by atoms with Gasteiger partial charge in [-0.2, -0.15) is 5.10 Å². The van der Waals surface area contributed by atoms with E-state index in [4.69, 9.17) is 4.42 Å². The predicted octanol–water partition coefficient (Wildman–Crippen LogP) is 4.98. The Morgan fingerprint density at radius 3 is 2.83 bits per heavy atom. The van der Waals surface area contributed by atoms with Gasteiger partial charge in [0.1, 0.15) is 5.76 Å². The fourth-order valence-corrected chi connectivity index (χ4v) is 4.85. The van der Waals surface area contributed by atoms with Gasteiger partial charge in [0.05, 0.1) is 12.6 Å². The van der Waals surface area contributed by atoms with Crippen molar-refractivity contribution in [1.82, 2.24) is 15.1 Å². The smallest absolute Gasteiger partial charge is 0.287 e. The zero-order chi connectivity index (χ0) is 20.3. The number of hydrogen-bond acceptors (Lipinski definition) is 4. The van der Waals surface area contributed by atoms with Gasteiger partial charge in [0, 0.05) is 17.3 Å². The Kier molecular flexibility index (Phi) is 5.24. The van der Waals surface area contributed by atoms with Crippen LogP contribution in [-0.2, 0) is 19.4 Å². The molecule has 0 bridgehead atoms. The molecule has 152 valence electrons. The average Bonchev–Trinajstić information content (AvgIpc) is 3.55. The van der Waals surface area contributed by atoms with Crippen molar-refractivity contribution in [2.45, 2.75) is 38.3 Å². The van der Waals surface area contributed by atoms with Crippen LogP contribution >= 0.6 is 11.3 Å². The molecule has 4 aromatic rings. The van der Waals surface area contributed by atoms with Crippen LogP contribution in [-0.4, -0.2) is 15.7 Å². The van der Waals surface area contributed by atoms with Crippen LogP contribution in [0, 0.1) is 0 Å². The van der Waals surface area contributed by atoms with Gasteiger partial charge < -0.3 is 9.73 Å². The number of furan rings is 1. The van der Waals surface area contributed by atoms with E-state index in [1.54, 1.807) is 28.3 Å². The number of carbonyl (C=O) groups excluding carboxylic acids is 1. The Balaban J connectivity index is 1.38. The van der Waals surface area contributed by atoms with E-state index in [-0.39, 0.29) is 11.9 Å². The molecule has 3 aromatic heterocycles. The summed E-state index contributed by atoms with van der Waals surface area (Å²) in [7, 11) is 0. The highest BCUT2D eigenvalue weighted by atomic mass is 32.1. The highest BCUT2D eigenvalue weighted by Crippen LogP contribution is 2.30. The summed E-state index contributed by atoms with van der Waals surface area (Å²) in [6.07, 6.45) is 8.35. The lowest BCUT2D eigenvalue weighted by Gasteiger charge is -2.21. The Morgan fingerprint density at radius 1 is 1.13 bits per heavy atom. The minimum absolute atomic E-state index is 0.190. The topological polar surface area (TPSA) is 60.1 Å². The number of aryl methyl sites for hydroxylation is 2. The van der Waals surface area contributed by atoms with E-state index >= 15 is 0 Å². The van der Waals surface area contributed by atoms with Crippen LogP contribution in [0.1, 0.15) is 56.8 Å². The first-order chi connectivity index (χ1) is 14.8. The number of fused-ring (bicyclic) bond motifs is 1. The van der Waals surface area contributed by atoms with Gasteiger partial charge in [-0.3, -0.25) is 9.48 Å². The van der Waals surface area contributed by atoms with Crippen LogP contribution in [0.2, 0.25) is 0 Å². The van der Waals surface area contributed by atoms with Crippen molar-refractivity contribution in [2.75, 3.05) is 0 Å². The Labute approximate surface area is 179 Å². The van der Waals surface area contributed by atoms with Gasteiger partial charge in [-0.15, -0.1) is 11.3 Å². The number of nitrogens with one attached hydrogen (secondary N) is 1. The molecule has 1 unspecified atom stereocenters. The molecule has 30 heavy (non-hydrogen) atoms. The molecule has 6 heteroatoms. The molecule has 1 aromatic carbocycles. The van der Waals surface area contributed by atoms with Gasteiger partial charge in [0.25, 0.3) is 5.91 Å². The molecule has 1 atom stereocenters. The summed E-state index contributed by atoms with van der Waals surface area (Å²) < 4.78 is 7.56. The third-order valence-corrected chi connectivity index (χ3v) is 6.51. The van der Waals surface area contributed by atoms with Gasteiger partial charge in [-0.25, -0.2) is 0 Å². The summed E-state index contributed by atoms with van der Waals surface area (Å²) in [5, 5.41) is 9.41. The first-order valence-electron chi connectivity index (χ1n) is 10.3. The maximum Gasteiger partial charge on any atom is 0.287 e. The first kappa shape index (κ1) is 18.9. The van der Waals surface area contributed by atoms with E-state index in [0.717, 1.165) is 23.3 Å². The zero-order valence-electron chi connectivity index (χ0n) is 16.6. The number of benzene rings is 1. The molecule has 0 fully saturated rings. The number of aromatic nitrogens is 2. The molecule has 0 saturated carbocycles. The van der Waals surface area contributed by atoms with E-state index in [2.05, 4.69) is 34.7 Å². The molecule has 3 heterocycles. The highest BCUT2D eigenvalue weighted by molar-refractivity contribution is 7.10. The largest absolute Gasteiger partial charge is 0.454 e. The van der Waals surface area contributed by atoms with E-state index < -0.39 is 0 Å². The number of amides is 1. The lowest BCUT2D eigenvalue weighted by atomic mass is 9.89. The molecule has 0 saturated heterocycles. The summed E-state index contributed by atoms with van der Waals surface area (Å²) in [5.74, 6) is 0.805. The molecule has 0 spiro atoms. The van der Waals surface area contributed by atoms with Crippen molar-refractivity contribution < 1.29 is 9.21 Å².